The molecule has 0 bridgehead atoms. The standard InChI is InChI=1S/C13H18FN3O4S/c14-10-5-3-7-12(13(10)17(18)19)22(20,21)16-11-6-2-1-4-9(11)8-15/h3,5,7,9,11,16H,1-2,4,6,8,15H2. The number of benzene rings is 1. The summed E-state index contributed by atoms with van der Waals surface area (Å²) >= 11 is 0. The van der Waals surface area contributed by atoms with Gasteiger partial charge in [-0.3, -0.25) is 10.1 Å². The van der Waals surface area contributed by atoms with E-state index in [9.17, 15) is 22.9 Å². The van der Waals surface area contributed by atoms with Crippen LogP contribution in [-0.4, -0.2) is 25.9 Å². The van der Waals surface area contributed by atoms with Gasteiger partial charge in [-0.05, 0) is 37.4 Å². The molecule has 1 saturated carbocycles. The Balaban J connectivity index is 2.35. The van der Waals surface area contributed by atoms with Gasteiger partial charge in [0, 0.05) is 6.04 Å². The van der Waals surface area contributed by atoms with Gasteiger partial charge in [-0.2, -0.15) is 4.39 Å². The lowest BCUT2D eigenvalue weighted by atomic mass is 9.85. The molecule has 3 N–H and O–H groups in total. The van der Waals surface area contributed by atoms with E-state index in [1.54, 1.807) is 0 Å². The van der Waals surface area contributed by atoms with E-state index in [-0.39, 0.29) is 12.0 Å². The molecule has 2 rings (SSSR count). The molecule has 9 heteroatoms. The van der Waals surface area contributed by atoms with Gasteiger partial charge < -0.3 is 5.73 Å². The minimum absolute atomic E-state index is 0.0175. The number of nitrogens with one attached hydrogen (secondary N) is 1. The zero-order chi connectivity index (χ0) is 16.3. The average molecular weight is 331 g/mol. The number of halogens is 1. The zero-order valence-corrected chi connectivity index (χ0v) is 12.7. The lowest BCUT2D eigenvalue weighted by Gasteiger charge is -2.30. The second-order valence-corrected chi connectivity index (χ2v) is 7.03. The molecular formula is C13H18FN3O4S. The zero-order valence-electron chi connectivity index (χ0n) is 11.9. The van der Waals surface area contributed by atoms with E-state index in [4.69, 9.17) is 5.73 Å². The van der Waals surface area contributed by atoms with Crippen LogP contribution in [0.4, 0.5) is 10.1 Å². The average Bonchev–Trinajstić information content (AvgIpc) is 2.46. The van der Waals surface area contributed by atoms with Gasteiger partial charge in [-0.15, -0.1) is 0 Å². The molecule has 1 aromatic rings. The van der Waals surface area contributed by atoms with Crippen LogP contribution < -0.4 is 10.5 Å². The van der Waals surface area contributed by atoms with Crippen LogP contribution in [0.2, 0.25) is 0 Å². The molecule has 0 saturated heterocycles. The SMILES string of the molecule is NCC1CCCCC1NS(=O)(=O)c1cccc(F)c1[N+](=O)[O-]. The normalized spacial score (nSPS) is 22.5. The van der Waals surface area contributed by atoms with Crippen molar-refractivity contribution in [2.75, 3.05) is 6.54 Å². The smallest absolute Gasteiger partial charge is 0.324 e. The molecule has 0 amide bonds. The van der Waals surface area contributed by atoms with Gasteiger partial charge in [0.1, 0.15) is 0 Å². The van der Waals surface area contributed by atoms with E-state index in [0.717, 1.165) is 37.5 Å². The molecule has 1 fully saturated rings. The Kier molecular flexibility index (Phi) is 5.09. The first-order valence-corrected chi connectivity index (χ1v) is 8.50. The minimum Gasteiger partial charge on any atom is -0.330 e. The third kappa shape index (κ3) is 3.42. The van der Waals surface area contributed by atoms with E-state index >= 15 is 0 Å². The van der Waals surface area contributed by atoms with Gasteiger partial charge in [0.05, 0.1) is 4.92 Å². The van der Waals surface area contributed by atoms with Gasteiger partial charge in [-0.1, -0.05) is 18.9 Å². The maximum atomic E-state index is 13.6. The predicted octanol–water partition coefficient (Wildman–Crippen LogP) is 1.53. The minimum atomic E-state index is -4.19. The van der Waals surface area contributed by atoms with Gasteiger partial charge in [-0.25, -0.2) is 13.1 Å². The highest BCUT2D eigenvalue weighted by Gasteiger charge is 2.33. The van der Waals surface area contributed by atoms with Crippen LogP contribution >= 0.6 is 0 Å². The van der Waals surface area contributed by atoms with Crippen LogP contribution in [0.1, 0.15) is 25.7 Å². The Morgan fingerprint density at radius 1 is 1.36 bits per heavy atom. The van der Waals surface area contributed by atoms with Crippen molar-refractivity contribution >= 4 is 15.7 Å². The number of nitro benzene ring substituents is 1. The van der Waals surface area contributed by atoms with Crippen molar-refractivity contribution in [3.63, 3.8) is 0 Å². The molecule has 0 aromatic heterocycles. The molecule has 2 atom stereocenters. The molecule has 22 heavy (non-hydrogen) atoms. The van der Waals surface area contributed by atoms with Gasteiger partial charge in [0.15, 0.2) is 4.90 Å². The summed E-state index contributed by atoms with van der Waals surface area (Å²) in [7, 11) is -4.19. The third-order valence-corrected chi connectivity index (χ3v) is 5.46. The number of hydrogen-bond donors (Lipinski definition) is 2. The fraction of sp³-hybridized carbons (Fsp3) is 0.538. The lowest BCUT2D eigenvalue weighted by molar-refractivity contribution is -0.390. The molecule has 1 aliphatic rings. The van der Waals surface area contributed by atoms with Crippen molar-refractivity contribution in [1.82, 2.24) is 4.72 Å². The largest absolute Gasteiger partial charge is 0.330 e. The quantitative estimate of drug-likeness (QED) is 0.627. The monoisotopic (exact) mass is 331 g/mol. The maximum absolute atomic E-state index is 13.6. The summed E-state index contributed by atoms with van der Waals surface area (Å²) in [5, 5.41) is 11.0. The first-order valence-electron chi connectivity index (χ1n) is 7.02. The van der Waals surface area contributed by atoms with Crippen molar-refractivity contribution in [3.05, 3.63) is 34.1 Å². The molecular weight excluding hydrogens is 313 g/mol. The fourth-order valence-electron chi connectivity index (χ4n) is 2.80. The van der Waals surface area contributed by atoms with Gasteiger partial charge in [0.25, 0.3) is 0 Å². The summed E-state index contributed by atoms with van der Waals surface area (Å²) in [6.45, 7) is 0.332. The summed E-state index contributed by atoms with van der Waals surface area (Å²) < 4.78 is 40.9. The van der Waals surface area contributed by atoms with Crippen molar-refractivity contribution in [2.45, 2.75) is 36.6 Å². The van der Waals surface area contributed by atoms with Gasteiger partial charge in [0.2, 0.25) is 15.8 Å². The maximum Gasteiger partial charge on any atom is 0.324 e. The summed E-state index contributed by atoms with van der Waals surface area (Å²) in [6, 6.07) is 2.65. The molecule has 0 heterocycles. The first-order chi connectivity index (χ1) is 10.4. The van der Waals surface area contributed by atoms with Crippen LogP contribution in [-0.2, 0) is 10.0 Å². The molecule has 7 nitrogen and oxygen atoms in total. The summed E-state index contributed by atoms with van der Waals surface area (Å²) in [5.74, 6) is -1.19. The van der Waals surface area contributed by atoms with E-state index < -0.39 is 31.3 Å². The van der Waals surface area contributed by atoms with Crippen LogP contribution in [0.5, 0.6) is 0 Å². The van der Waals surface area contributed by atoms with Crippen LogP contribution in [0.25, 0.3) is 0 Å². The number of nitrogens with zero attached hydrogens (tertiary/aromatic N) is 1. The van der Waals surface area contributed by atoms with E-state index in [1.165, 1.54) is 0 Å². The Hall–Kier alpha value is -1.58. The Labute approximate surface area is 127 Å². The predicted molar refractivity (Wildman–Crippen MR) is 78.2 cm³/mol. The van der Waals surface area contributed by atoms with E-state index in [1.807, 2.05) is 0 Å². The second-order valence-electron chi connectivity index (χ2n) is 5.35. The third-order valence-electron chi connectivity index (χ3n) is 3.94. The van der Waals surface area contributed by atoms with Crippen LogP contribution in [0.15, 0.2) is 23.1 Å². The van der Waals surface area contributed by atoms with Gasteiger partial charge >= 0.3 is 5.69 Å². The van der Waals surface area contributed by atoms with Crippen molar-refractivity contribution in [3.8, 4) is 0 Å². The highest BCUT2D eigenvalue weighted by atomic mass is 32.2. The topological polar surface area (TPSA) is 115 Å². The Morgan fingerprint density at radius 2 is 2.05 bits per heavy atom. The fourth-order valence-corrected chi connectivity index (χ4v) is 4.32. The molecule has 0 aliphatic heterocycles. The Morgan fingerprint density at radius 3 is 2.68 bits per heavy atom. The summed E-state index contributed by atoms with van der Waals surface area (Å²) in [6.07, 6.45) is 3.24. The lowest BCUT2D eigenvalue weighted by Crippen LogP contribution is -2.44. The number of hydrogen-bond acceptors (Lipinski definition) is 5. The second kappa shape index (κ2) is 6.67. The molecule has 122 valence electrons. The number of nitrogens with two attached hydrogens (primary N) is 1. The number of nitro groups is 1. The van der Waals surface area contributed by atoms with E-state index in [0.29, 0.717) is 13.0 Å². The molecule has 0 radical (unpaired) electrons. The van der Waals surface area contributed by atoms with E-state index in [2.05, 4.69) is 4.72 Å². The number of sulfonamides is 1. The Bertz CT molecular complexity index is 665. The van der Waals surface area contributed by atoms with Crippen LogP contribution in [0, 0.1) is 21.8 Å². The summed E-state index contributed by atoms with van der Waals surface area (Å²) in [5.41, 5.74) is 4.62. The molecule has 1 aliphatic carbocycles. The molecule has 2 unspecified atom stereocenters. The van der Waals surface area contributed by atoms with Crippen molar-refractivity contribution in [1.29, 1.82) is 0 Å². The van der Waals surface area contributed by atoms with Crippen molar-refractivity contribution < 1.29 is 17.7 Å². The highest BCUT2D eigenvalue weighted by molar-refractivity contribution is 7.89. The highest BCUT2D eigenvalue weighted by Crippen LogP contribution is 2.29. The summed E-state index contributed by atoms with van der Waals surface area (Å²) in [4.78, 5) is 9.28. The van der Waals surface area contributed by atoms with Crippen LogP contribution in [0.3, 0.4) is 0 Å². The number of rotatable bonds is 5. The van der Waals surface area contributed by atoms with Crippen molar-refractivity contribution in [2.24, 2.45) is 11.7 Å². The first kappa shape index (κ1) is 16.8. The molecule has 0 spiro atoms. The number of para-hydroxylation sites is 1. The molecule has 1 aromatic carbocycles.